The van der Waals surface area contributed by atoms with Gasteiger partial charge in [-0.1, -0.05) is 23.4 Å². The van der Waals surface area contributed by atoms with Crippen LogP contribution < -0.4 is 10.6 Å². The molecule has 2 aromatic rings. The SMILES string of the molecule is Cc1cncc(CN(C)c2cccc(/C(N)=N/O)c2)c1. The van der Waals surface area contributed by atoms with Crippen molar-refractivity contribution < 1.29 is 5.21 Å². The number of amidine groups is 1. The van der Waals surface area contributed by atoms with Gasteiger partial charge < -0.3 is 15.8 Å². The van der Waals surface area contributed by atoms with E-state index in [0.717, 1.165) is 23.4 Å². The van der Waals surface area contributed by atoms with Crippen LogP contribution in [0.3, 0.4) is 0 Å². The summed E-state index contributed by atoms with van der Waals surface area (Å²) in [6, 6.07) is 9.67. The van der Waals surface area contributed by atoms with Crippen molar-refractivity contribution in [1.82, 2.24) is 4.98 Å². The van der Waals surface area contributed by atoms with Crippen molar-refractivity contribution in [3.8, 4) is 0 Å². The van der Waals surface area contributed by atoms with Gasteiger partial charge in [-0.05, 0) is 30.2 Å². The third-order valence-corrected chi connectivity index (χ3v) is 3.04. The molecule has 0 bridgehead atoms. The summed E-state index contributed by atoms with van der Waals surface area (Å²) in [6.07, 6.45) is 3.69. The molecule has 0 atom stereocenters. The standard InChI is InChI=1S/C15H18N4O/c1-11-6-12(9-17-8-11)10-19(2)14-5-3-4-13(7-14)15(16)18-20/h3-9,20H,10H2,1-2H3,(H2,16,18). The van der Waals surface area contributed by atoms with Crippen molar-refractivity contribution in [1.29, 1.82) is 0 Å². The topological polar surface area (TPSA) is 74.7 Å². The molecule has 0 radical (unpaired) electrons. The second-order valence-electron chi connectivity index (χ2n) is 4.76. The molecule has 5 nitrogen and oxygen atoms in total. The van der Waals surface area contributed by atoms with Gasteiger partial charge in [0.25, 0.3) is 0 Å². The van der Waals surface area contributed by atoms with Crippen LogP contribution in [0.25, 0.3) is 0 Å². The first-order valence-corrected chi connectivity index (χ1v) is 6.30. The third-order valence-electron chi connectivity index (χ3n) is 3.04. The molecule has 3 N–H and O–H groups in total. The van der Waals surface area contributed by atoms with Crippen LogP contribution in [-0.4, -0.2) is 23.1 Å². The zero-order valence-corrected chi connectivity index (χ0v) is 11.6. The number of rotatable bonds is 4. The molecule has 0 aliphatic heterocycles. The van der Waals surface area contributed by atoms with Gasteiger partial charge >= 0.3 is 0 Å². The van der Waals surface area contributed by atoms with E-state index >= 15 is 0 Å². The molecule has 1 heterocycles. The van der Waals surface area contributed by atoms with Crippen molar-refractivity contribution in [3.05, 3.63) is 59.4 Å². The van der Waals surface area contributed by atoms with Crippen molar-refractivity contribution >= 4 is 11.5 Å². The lowest BCUT2D eigenvalue weighted by atomic mass is 10.1. The number of oxime groups is 1. The Morgan fingerprint density at radius 1 is 1.35 bits per heavy atom. The summed E-state index contributed by atoms with van der Waals surface area (Å²) >= 11 is 0. The lowest BCUT2D eigenvalue weighted by molar-refractivity contribution is 0.318. The van der Waals surface area contributed by atoms with Gasteiger partial charge in [0.1, 0.15) is 0 Å². The van der Waals surface area contributed by atoms with Crippen LogP contribution in [0.1, 0.15) is 16.7 Å². The average molecular weight is 270 g/mol. The van der Waals surface area contributed by atoms with Crippen LogP contribution in [-0.2, 0) is 6.54 Å². The highest BCUT2D eigenvalue weighted by Crippen LogP contribution is 2.17. The van der Waals surface area contributed by atoms with E-state index in [1.807, 2.05) is 44.6 Å². The Bertz CT molecular complexity index is 625. The number of pyridine rings is 1. The maximum atomic E-state index is 8.72. The van der Waals surface area contributed by atoms with E-state index in [1.165, 1.54) is 0 Å². The molecule has 0 aliphatic rings. The van der Waals surface area contributed by atoms with Crippen LogP contribution in [0.5, 0.6) is 0 Å². The van der Waals surface area contributed by atoms with E-state index in [4.69, 9.17) is 10.9 Å². The Labute approximate surface area is 118 Å². The van der Waals surface area contributed by atoms with Gasteiger partial charge in [-0.25, -0.2) is 0 Å². The summed E-state index contributed by atoms with van der Waals surface area (Å²) in [4.78, 5) is 6.28. The highest BCUT2D eigenvalue weighted by molar-refractivity contribution is 5.97. The number of aromatic nitrogens is 1. The first-order chi connectivity index (χ1) is 9.60. The van der Waals surface area contributed by atoms with E-state index in [1.54, 1.807) is 6.07 Å². The largest absolute Gasteiger partial charge is 0.409 e. The quantitative estimate of drug-likeness (QED) is 0.386. The van der Waals surface area contributed by atoms with Gasteiger partial charge in [0.15, 0.2) is 5.84 Å². The van der Waals surface area contributed by atoms with E-state index in [-0.39, 0.29) is 5.84 Å². The number of nitrogens with two attached hydrogens (primary N) is 1. The van der Waals surface area contributed by atoms with Gasteiger partial charge in [0.2, 0.25) is 0 Å². The van der Waals surface area contributed by atoms with E-state index in [0.29, 0.717) is 5.56 Å². The predicted octanol–water partition coefficient (Wildman–Crippen LogP) is 2.12. The molecule has 0 unspecified atom stereocenters. The fourth-order valence-corrected chi connectivity index (χ4v) is 2.03. The smallest absolute Gasteiger partial charge is 0.170 e. The maximum Gasteiger partial charge on any atom is 0.170 e. The van der Waals surface area contributed by atoms with Crippen molar-refractivity contribution in [2.45, 2.75) is 13.5 Å². The van der Waals surface area contributed by atoms with Crippen molar-refractivity contribution in [3.63, 3.8) is 0 Å². The molecule has 0 fully saturated rings. The number of hydrogen-bond acceptors (Lipinski definition) is 4. The Morgan fingerprint density at radius 3 is 2.85 bits per heavy atom. The van der Waals surface area contributed by atoms with Crippen molar-refractivity contribution in [2.24, 2.45) is 10.9 Å². The Morgan fingerprint density at radius 2 is 2.15 bits per heavy atom. The van der Waals surface area contributed by atoms with Crippen LogP contribution in [0, 0.1) is 6.92 Å². The van der Waals surface area contributed by atoms with E-state index in [9.17, 15) is 0 Å². The highest BCUT2D eigenvalue weighted by Gasteiger charge is 2.06. The molecule has 0 aliphatic carbocycles. The van der Waals surface area contributed by atoms with Gasteiger partial charge in [-0.15, -0.1) is 0 Å². The molecule has 0 saturated carbocycles. The minimum atomic E-state index is 0.109. The molecule has 0 saturated heterocycles. The number of anilines is 1. The van der Waals surface area contributed by atoms with Crippen molar-refractivity contribution in [2.75, 3.05) is 11.9 Å². The van der Waals surface area contributed by atoms with E-state index < -0.39 is 0 Å². The molecule has 20 heavy (non-hydrogen) atoms. The minimum Gasteiger partial charge on any atom is -0.409 e. The molecule has 1 aromatic carbocycles. The molecule has 2 rings (SSSR count). The summed E-state index contributed by atoms with van der Waals surface area (Å²) in [5, 5.41) is 11.7. The second-order valence-corrected chi connectivity index (χ2v) is 4.76. The monoisotopic (exact) mass is 270 g/mol. The van der Waals surface area contributed by atoms with Gasteiger partial charge in [-0.2, -0.15) is 0 Å². The third kappa shape index (κ3) is 3.26. The highest BCUT2D eigenvalue weighted by atomic mass is 16.4. The number of benzene rings is 1. The maximum absolute atomic E-state index is 8.72. The average Bonchev–Trinajstić information content (AvgIpc) is 2.46. The Kier molecular flexibility index (Phi) is 4.20. The molecule has 104 valence electrons. The fraction of sp³-hybridized carbons (Fsp3) is 0.200. The molecule has 0 spiro atoms. The summed E-state index contributed by atoms with van der Waals surface area (Å²) < 4.78 is 0. The van der Waals surface area contributed by atoms with Crippen LogP contribution in [0.15, 0.2) is 47.9 Å². The summed E-state index contributed by atoms with van der Waals surface area (Å²) in [6.45, 7) is 2.77. The molecule has 1 aromatic heterocycles. The van der Waals surface area contributed by atoms with Crippen LogP contribution in [0.2, 0.25) is 0 Å². The lowest BCUT2D eigenvalue weighted by Gasteiger charge is -2.20. The number of aryl methyl sites for hydroxylation is 1. The van der Waals surface area contributed by atoms with E-state index in [2.05, 4.69) is 21.1 Å². The predicted molar refractivity (Wildman–Crippen MR) is 80.0 cm³/mol. The molecule has 5 heteroatoms. The Hall–Kier alpha value is -2.56. The summed E-state index contributed by atoms with van der Waals surface area (Å²) in [5.41, 5.74) is 9.58. The zero-order chi connectivity index (χ0) is 14.5. The number of nitrogens with zero attached hydrogens (tertiary/aromatic N) is 3. The van der Waals surface area contributed by atoms with Crippen LogP contribution in [0.4, 0.5) is 5.69 Å². The minimum absolute atomic E-state index is 0.109. The Balaban J connectivity index is 2.19. The fourth-order valence-electron chi connectivity index (χ4n) is 2.03. The first-order valence-electron chi connectivity index (χ1n) is 6.30. The summed E-state index contributed by atoms with van der Waals surface area (Å²) in [5.74, 6) is 0.109. The lowest BCUT2D eigenvalue weighted by Crippen LogP contribution is -2.18. The van der Waals surface area contributed by atoms with Gasteiger partial charge in [0, 0.05) is 37.2 Å². The van der Waals surface area contributed by atoms with Crippen LogP contribution >= 0.6 is 0 Å². The van der Waals surface area contributed by atoms with Gasteiger partial charge in [0.05, 0.1) is 0 Å². The zero-order valence-electron chi connectivity index (χ0n) is 11.6. The summed E-state index contributed by atoms with van der Waals surface area (Å²) in [7, 11) is 1.99. The normalized spacial score (nSPS) is 11.4. The second kappa shape index (κ2) is 6.06. The number of hydrogen-bond donors (Lipinski definition) is 2. The molecular weight excluding hydrogens is 252 g/mol. The van der Waals surface area contributed by atoms with Gasteiger partial charge in [-0.3, -0.25) is 4.98 Å². The molecular formula is C15H18N4O. The molecule has 0 amide bonds. The first kappa shape index (κ1) is 13.9.